The number of carbonyl (C=O) groups excluding carboxylic acids is 1. The number of anilines is 1. The fourth-order valence-electron chi connectivity index (χ4n) is 2.36. The predicted octanol–water partition coefficient (Wildman–Crippen LogP) is 2.26. The lowest BCUT2D eigenvalue weighted by Gasteiger charge is -2.22. The molecule has 26 heavy (non-hydrogen) atoms. The van der Waals surface area contributed by atoms with Crippen molar-refractivity contribution in [3.05, 3.63) is 59.7 Å². The number of carbonyl (C=O) groups is 1. The highest BCUT2D eigenvalue weighted by Gasteiger charge is 2.20. The second kappa shape index (κ2) is 8.71. The van der Waals surface area contributed by atoms with Gasteiger partial charge in [-0.2, -0.15) is 0 Å². The Labute approximate surface area is 154 Å². The van der Waals surface area contributed by atoms with Crippen molar-refractivity contribution in [2.24, 2.45) is 0 Å². The van der Waals surface area contributed by atoms with Crippen LogP contribution >= 0.6 is 0 Å². The van der Waals surface area contributed by atoms with Crippen LogP contribution < -0.4 is 14.4 Å². The minimum Gasteiger partial charge on any atom is -0.492 e. The Morgan fingerprint density at radius 2 is 1.77 bits per heavy atom. The van der Waals surface area contributed by atoms with Gasteiger partial charge in [0.05, 0.1) is 18.5 Å². The van der Waals surface area contributed by atoms with Gasteiger partial charge in [0.25, 0.3) is 0 Å². The molecule has 0 bridgehead atoms. The molecule has 0 unspecified atom stereocenters. The SMILES string of the molecule is Cc1ccc(N(CC(=O)NCCOc2cccc(C)c2)S(C)(=O)=O)cc1. The Balaban J connectivity index is 1.88. The first-order valence-electron chi connectivity index (χ1n) is 8.26. The minimum atomic E-state index is -3.56. The molecule has 0 saturated carbocycles. The maximum absolute atomic E-state index is 12.1. The standard InChI is InChI=1S/C19H24N2O4S/c1-15-7-9-17(10-8-15)21(26(3,23)24)14-19(22)20-11-12-25-18-6-4-5-16(2)13-18/h4-10,13H,11-12,14H2,1-3H3,(H,20,22). The van der Waals surface area contributed by atoms with E-state index >= 15 is 0 Å². The number of benzene rings is 2. The molecule has 0 atom stereocenters. The highest BCUT2D eigenvalue weighted by Crippen LogP contribution is 2.17. The van der Waals surface area contributed by atoms with Crippen LogP contribution in [0.4, 0.5) is 5.69 Å². The molecule has 0 fully saturated rings. The van der Waals surface area contributed by atoms with Gasteiger partial charge in [0.15, 0.2) is 0 Å². The molecule has 0 spiro atoms. The van der Waals surface area contributed by atoms with E-state index in [0.29, 0.717) is 12.3 Å². The number of sulfonamides is 1. The van der Waals surface area contributed by atoms with Crippen molar-refractivity contribution in [1.82, 2.24) is 5.32 Å². The largest absolute Gasteiger partial charge is 0.492 e. The first-order chi connectivity index (χ1) is 12.3. The van der Waals surface area contributed by atoms with Crippen LogP contribution in [0.3, 0.4) is 0 Å². The Hall–Kier alpha value is -2.54. The van der Waals surface area contributed by atoms with Gasteiger partial charge in [0.1, 0.15) is 18.9 Å². The third kappa shape index (κ3) is 6.07. The molecule has 0 saturated heterocycles. The van der Waals surface area contributed by atoms with Crippen LogP contribution in [-0.2, 0) is 14.8 Å². The number of hydrogen-bond acceptors (Lipinski definition) is 4. The Morgan fingerprint density at radius 3 is 2.38 bits per heavy atom. The fourth-order valence-corrected chi connectivity index (χ4v) is 3.22. The van der Waals surface area contributed by atoms with E-state index in [1.165, 1.54) is 0 Å². The van der Waals surface area contributed by atoms with E-state index in [-0.39, 0.29) is 19.0 Å². The second-order valence-electron chi connectivity index (χ2n) is 6.12. The lowest BCUT2D eigenvalue weighted by Crippen LogP contribution is -2.41. The second-order valence-corrected chi connectivity index (χ2v) is 8.03. The normalized spacial score (nSPS) is 11.0. The maximum Gasteiger partial charge on any atom is 0.240 e. The molecular formula is C19H24N2O4S. The zero-order valence-corrected chi connectivity index (χ0v) is 16.0. The summed E-state index contributed by atoms with van der Waals surface area (Å²) in [6.07, 6.45) is 1.08. The van der Waals surface area contributed by atoms with Crippen molar-refractivity contribution in [3.63, 3.8) is 0 Å². The van der Waals surface area contributed by atoms with Crippen LogP contribution in [-0.4, -0.2) is 40.3 Å². The van der Waals surface area contributed by atoms with Gasteiger partial charge in [-0.1, -0.05) is 29.8 Å². The Kier molecular flexibility index (Phi) is 6.63. The molecule has 2 aromatic carbocycles. The van der Waals surface area contributed by atoms with E-state index in [4.69, 9.17) is 4.74 Å². The number of ether oxygens (including phenoxy) is 1. The summed E-state index contributed by atoms with van der Waals surface area (Å²) in [6.45, 7) is 4.21. The Morgan fingerprint density at radius 1 is 1.08 bits per heavy atom. The summed E-state index contributed by atoms with van der Waals surface area (Å²) in [6, 6.07) is 14.6. The van der Waals surface area contributed by atoms with Crippen LogP contribution in [0.15, 0.2) is 48.5 Å². The number of rotatable bonds is 8. The van der Waals surface area contributed by atoms with E-state index in [9.17, 15) is 13.2 Å². The van der Waals surface area contributed by atoms with Crippen molar-refractivity contribution < 1.29 is 17.9 Å². The van der Waals surface area contributed by atoms with E-state index in [1.807, 2.05) is 38.1 Å². The van der Waals surface area contributed by atoms with Gasteiger partial charge < -0.3 is 10.1 Å². The minimum absolute atomic E-state index is 0.271. The lowest BCUT2D eigenvalue weighted by molar-refractivity contribution is -0.119. The first-order valence-corrected chi connectivity index (χ1v) is 10.1. The smallest absolute Gasteiger partial charge is 0.240 e. The highest BCUT2D eigenvalue weighted by molar-refractivity contribution is 7.92. The molecule has 0 aromatic heterocycles. The predicted molar refractivity (Wildman–Crippen MR) is 103 cm³/mol. The van der Waals surface area contributed by atoms with Gasteiger partial charge in [-0.3, -0.25) is 9.10 Å². The number of nitrogens with zero attached hydrogens (tertiary/aromatic N) is 1. The number of nitrogens with one attached hydrogen (secondary N) is 1. The van der Waals surface area contributed by atoms with Crippen LogP contribution in [0.2, 0.25) is 0 Å². The number of hydrogen-bond donors (Lipinski definition) is 1. The molecule has 140 valence electrons. The summed E-state index contributed by atoms with van der Waals surface area (Å²) in [5.41, 5.74) is 2.57. The van der Waals surface area contributed by atoms with Gasteiger partial charge >= 0.3 is 0 Å². The van der Waals surface area contributed by atoms with E-state index in [0.717, 1.165) is 27.4 Å². The van der Waals surface area contributed by atoms with E-state index in [1.54, 1.807) is 24.3 Å². The van der Waals surface area contributed by atoms with Gasteiger partial charge in [0, 0.05) is 0 Å². The highest BCUT2D eigenvalue weighted by atomic mass is 32.2. The molecule has 1 amide bonds. The fraction of sp³-hybridized carbons (Fsp3) is 0.316. The molecule has 0 heterocycles. The molecule has 0 aliphatic rings. The van der Waals surface area contributed by atoms with E-state index in [2.05, 4.69) is 5.32 Å². The molecular weight excluding hydrogens is 352 g/mol. The van der Waals surface area contributed by atoms with Crippen molar-refractivity contribution in [3.8, 4) is 5.75 Å². The number of aryl methyl sites for hydroxylation is 2. The summed E-state index contributed by atoms with van der Waals surface area (Å²) in [7, 11) is -3.56. The van der Waals surface area contributed by atoms with Crippen molar-refractivity contribution >= 4 is 21.6 Å². The molecule has 2 aromatic rings. The zero-order valence-electron chi connectivity index (χ0n) is 15.2. The summed E-state index contributed by atoms with van der Waals surface area (Å²) in [5, 5.41) is 2.68. The van der Waals surface area contributed by atoms with Crippen LogP contribution in [0.1, 0.15) is 11.1 Å². The molecule has 0 aliphatic heterocycles. The molecule has 0 radical (unpaired) electrons. The maximum atomic E-state index is 12.1. The zero-order chi connectivity index (χ0) is 19.2. The topological polar surface area (TPSA) is 75.7 Å². The van der Waals surface area contributed by atoms with Crippen molar-refractivity contribution in [2.45, 2.75) is 13.8 Å². The summed E-state index contributed by atoms with van der Waals surface area (Å²) >= 11 is 0. The molecule has 2 rings (SSSR count). The van der Waals surface area contributed by atoms with Gasteiger partial charge in [-0.15, -0.1) is 0 Å². The summed E-state index contributed by atoms with van der Waals surface area (Å²) in [5.74, 6) is 0.348. The quantitative estimate of drug-likeness (QED) is 0.717. The molecule has 1 N–H and O–H groups in total. The lowest BCUT2D eigenvalue weighted by atomic mass is 10.2. The van der Waals surface area contributed by atoms with Gasteiger partial charge in [0.2, 0.25) is 15.9 Å². The molecule has 0 aliphatic carbocycles. The van der Waals surface area contributed by atoms with Crippen molar-refractivity contribution in [1.29, 1.82) is 0 Å². The first kappa shape index (κ1) is 19.8. The Bertz CT molecular complexity index is 848. The molecule has 6 nitrogen and oxygen atoms in total. The average molecular weight is 376 g/mol. The third-order valence-corrected chi connectivity index (χ3v) is 4.83. The molecule has 7 heteroatoms. The summed E-state index contributed by atoms with van der Waals surface area (Å²) < 4.78 is 30.7. The average Bonchev–Trinajstić information content (AvgIpc) is 2.57. The van der Waals surface area contributed by atoms with Crippen molar-refractivity contribution in [2.75, 3.05) is 30.3 Å². The third-order valence-electron chi connectivity index (χ3n) is 3.69. The number of amides is 1. The van der Waals surface area contributed by atoms with Crippen LogP contribution in [0.5, 0.6) is 5.75 Å². The van der Waals surface area contributed by atoms with Gasteiger partial charge in [-0.25, -0.2) is 8.42 Å². The van der Waals surface area contributed by atoms with Gasteiger partial charge in [-0.05, 0) is 43.7 Å². The summed E-state index contributed by atoms with van der Waals surface area (Å²) in [4.78, 5) is 12.1. The monoisotopic (exact) mass is 376 g/mol. The van der Waals surface area contributed by atoms with Crippen LogP contribution in [0.25, 0.3) is 0 Å². The van der Waals surface area contributed by atoms with E-state index < -0.39 is 10.0 Å². The van der Waals surface area contributed by atoms with Crippen LogP contribution in [0, 0.1) is 13.8 Å².